The molecule has 0 spiro atoms. The molecule has 0 unspecified atom stereocenters. The third-order valence-corrected chi connectivity index (χ3v) is 5.37. The summed E-state index contributed by atoms with van der Waals surface area (Å²) in [6, 6.07) is 3.53. The van der Waals surface area contributed by atoms with Crippen molar-refractivity contribution in [3.05, 3.63) is 29.6 Å². The first-order chi connectivity index (χ1) is 8.72. The largest absolute Gasteiger partial charge is 0.392 e. The fourth-order valence-electron chi connectivity index (χ4n) is 1.27. The molecular weight excluding hydrogens is 289 g/mol. The number of rotatable bonds is 6. The molecule has 0 heterocycles. The van der Waals surface area contributed by atoms with E-state index in [-0.39, 0.29) is 17.9 Å². The maximum Gasteiger partial charge on any atom is 0.243 e. The molecule has 0 bridgehead atoms. The van der Waals surface area contributed by atoms with Crippen LogP contribution in [0.1, 0.15) is 19.4 Å². The van der Waals surface area contributed by atoms with Crippen LogP contribution >= 0.6 is 11.8 Å². The second-order valence-corrected chi connectivity index (χ2v) is 7.96. The van der Waals surface area contributed by atoms with Gasteiger partial charge in [-0.15, -0.1) is 0 Å². The first kappa shape index (κ1) is 16.4. The number of halogens is 1. The third kappa shape index (κ3) is 4.45. The van der Waals surface area contributed by atoms with Gasteiger partial charge in [0.25, 0.3) is 0 Å². The highest BCUT2D eigenvalue weighted by Gasteiger charge is 2.23. The molecule has 0 saturated heterocycles. The molecule has 0 saturated carbocycles. The average molecular weight is 307 g/mol. The summed E-state index contributed by atoms with van der Waals surface area (Å²) < 4.78 is 39.8. The number of hydrogen-bond donors (Lipinski definition) is 2. The number of nitrogens with one attached hydrogen (secondary N) is 1. The van der Waals surface area contributed by atoms with E-state index in [0.29, 0.717) is 5.56 Å². The van der Waals surface area contributed by atoms with E-state index >= 15 is 0 Å². The minimum Gasteiger partial charge on any atom is -0.392 e. The van der Waals surface area contributed by atoms with Gasteiger partial charge in [-0.25, -0.2) is 17.5 Å². The van der Waals surface area contributed by atoms with Crippen molar-refractivity contribution in [3.8, 4) is 0 Å². The number of aliphatic hydroxyl groups excluding tert-OH is 1. The molecular formula is C12H18FNO3S2. The van der Waals surface area contributed by atoms with Crippen LogP contribution in [-0.2, 0) is 16.6 Å². The zero-order chi connectivity index (χ0) is 14.7. The quantitative estimate of drug-likeness (QED) is 0.840. The van der Waals surface area contributed by atoms with Crippen LogP contribution in [-0.4, -0.2) is 31.1 Å². The highest BCUT2D eigenvalue weighted by Crippen LogP contribution is 2.22. The van der Waals surface area contributed by atoms with Crippen molar-refractivity contribution >= 4 is 21.8 Å². The first-order valence-electron chi connectivity index (χ1n) is 5.66. The highest BCUT2D eigenvalue weighted by molar-refractivity contribution is 8.00. The van der Waals surface area contributed by atoms with Gasteiger partial charge in [0.15, 0.2) is 0 Å². The second-order valence-electron chi connectivity index (χ2n) is 4.71. The molecule has 7 heteroatoms. The van der Waals surface area contributed by atoms with Gasteiger partial charge in [-0.1, -0.05) is 6.07 Å². The Morgan fingerprint density at radius 3 is 2.58 bits per heavy atom. The van der Waals surface area contributed by atoms with Crippen molar-refractivity contribution in [3.63, 3.8) is 0 Å². The van der Waals surface area contributed by atoms with Crippen LogP contribution in [0, 0.1) is 5.82 Å². The lowest BCUT2D eigenvalue weighted by molar-refractivity contribution is 0.281. The lowest BCUT2D eigenvalue weighted by atomic mass is 10.2. The molecule has 108 valence electrons. The summed E-state index contributed by atoms with van der Waals surface area (Å²) in [7, 11) is -3.92. The fourth-order valence-corrected chi connectivity index (χ4v) is 2.92. The van der Waals surface area contributed by atoms with E-state index in [1.165, 1.54) is 17.8 Å². The third-order valence-electron chi connectivity index (χ3n) is 2.71. The maximum atomic E-state index is 13.6. The summed E-state index contributed by atoms with van der Waals surface area (Å²) in [4.78, 5) is -0.434. The van der Waals surface area contributed by atoms with Gasteiger partial charge in [-0.3, -0.25) is 0 Å². The molecule has 0 aliphatic carbocycles. The monoisotopic (exact) mass is 307 g/mol. The van der Waals surface area contributed by atoms with Gasteiger partial charge in [-0.2, -0.15) is 11.8 Å². The van der Waals surface area contributed by atoms with E-state index in [1.54, 1.807) is 0 Å². The summed E-state index contributed by atoms with van der Waals surface area (Å²) in [5.41, 5.74) is 0.353. The Hall–Kier alpha value is -0.630. The van der Waals surface area contributed by atoms with Crippen molar-refractivity contribution < 1.29 is 17.9 Å². The van der Waals surface area contributed by atoms with Crippen LogP contribution in [0.4, 0.5) is 4.39 Å². The van der Waals surface area contributed by atoms with Crippen LogP contribution in [0.5, 0.6) is 0 Å². The van der Waals surface area contributed by atoms with E-state index < -0.39 is 20.7 Å². The smallest absolute Gasteiger partial charge is 0.243 e. The molecule has 0 amide bonds. The molecule has 0 fully saturated rings. The molecule has 1 aromatic carbocycles. The standard InChI is InChI=1S/C12H18FNO3S2/c1-12(2,18-3)8-14-19(16,17)11-6-9(7-15)4-5-10(11)13/h4-6,14-15H,7-8H2,1-3H3. The lowest BCUT2D eigenvalue weighted by Gasteiger charge is -2.22. The second kappa shape index (κ2) is 6.21. The minimum absolute atomic E-state index is 0.194. The Balaban J connectivity index is 3.00. The van der Waals surface area contributed by atoms with Gasteiger partial charge < -0.3 is 5.11 Å². The Morgan fingerprint density at radius 1 is 1.42 bits per heavy atom. The molecule has 0 aliphatic heterocycles. The van der Waals surface area contributed by atoms with E-state index in [0.717, 1.165) is 12.1 Å². The van der Waals surface area contributed by atoms with Gasteiger partial charge >= 0.3 is 0 Å². The first-order valence-corrected chi connectivity index (χ1v) is 8.37. The predicted molar refractivity (Wildman–Crippen MR) is 75.1 cm³/mol. The van der Waals surface area contributed by atoms with Crippen molar-refractivity contribution in [2.45, 2.75) is 30.1 Å². The van der Waals surface area contributed by atoms with Crippen LogP contribution in [0.25, 0.3) is 0 Å². The number of aliphatic hydroxyl groups is 1. The molecule has 0 aromatic heterocycles. The summed E-state index contributed by atoms with van der Waals surface area (Å²) in [6.45, 7) is 3.64. The summed E-state index contributed by atoms with van der Waals surface area (Å²) in [5.74, 6) is -0.827. The SMILES string of the molecule is CSC(C)(C)CNS(=O)(=O)c1cc(CO)ccc1F. The molecule has 0 aliphatic rings. The van der Waals surface area contributed by atoms with Gasteiger partial charge in [0, 0.05) is 11.3 Å². The lowest BCUT2D eigenvalue weighted by Crippen LogP contribution is -2.36. The fraction of sp³-hybridized carbons (Fsp3) is 0.500. The molecule has 4 nitrogen and oxygen atoms in total. The van der Waals surface area contributed by atoms with E-state index in [1.807, 2.05) is 20.1 Å². The molecule has 0 radical (unpaired) electrons. The molecule has 1 aromatic rings. The average Bonchev–Trinajstić information content (AvgIpc) is 2.37. The summed E-state index contributed by atoms with van der Waals surface area (Å²) in [5, 5.41) is 8.97. The Bertz CT molecular complexity index is 544. The van der Waals surface area contributed by atoms with Gasteiger partial charge in [0.1, 0.15) is 10.7 Å². The molecule has 0 atom stereocenters. The van der Waals surface area contributed by atoms with Gasteiger partial charge in [0.05, 0.1) is 6.61 Å². The zero-order valence-electron chi connectivity index (χ0n) is 11.1. The molecule has 2 N–H and O–H groups in total. The van der Waals surface area contributed by atoms with Gasteiger partial charge in [0.2, 0.25) is 10.0 Å². The van der Waals surface area contributed by atoms with Crippen molar-refractivity contribution in [1.82, 2.24) is 4.72 Å². The van der Waals surface area contributed by atoms with E-state index in [2.05, 4.69) is 4.72 Å². The topological polar surface area (TPSA) is 66.4 Å². The zero-order valence-corrected chi connectivity index (χ0v) is 12.7. The normalized spacial score (nSPS) is 12.7. The maximum absolute atomic E-state index is 13.6. The van der Waals surface area contributed by atoms with E-state index in [4.69, 9.17) is 5.11 Å². The highest BCUT2D eigenvalue weighted by atomic mass is 32.2. The van der Waals surface area contributed by atoms with Crippen LogP contribution in [0.15, 0.2) is 23.1 Å². The molecule has 19 heavy (non-hydrogen) atoms. The van der Waals surface area contributed by atoms with Crippen LogP contribution in [0.2, 0.25) is 0 Å². The Morgan fingerprint density at radius 2 is 2.05 bits per heavy atom. The Kier molecular flexibility index (Phi) is 5.37. The number of hydrogen-bond acceptors (Lipinski definition) is 4. The number of benzene rings is 1. The predicted octanol–water partition coefficient (Wildman–Crippen LogP) is 1.74. The van der Waals surface area contributed by atoms with Crippen molar-refractivity contribution in [2.75, 3.05) is 12.8 Å². The van der Waals surface area contributed by atoms with Gasteiger partial charge in [-0.05, 0) is 37.8 Å². The minimum atomic E-state index is -3.92. The summed E-state index contributed by atoms with van der Waals surface area (Å²) >= 11 is 1.51. The van der Waals surface area contributed by atoms with Crippen LogP contribution in [0.3, 0.4) is 0 Å². The van der Waals surface area contributed by atoms with Crippen molar-refractivity contribution in [1.29, 1.82) is 0 Å². The number of thioether (sulfide) groups is 1. The summed E-state index contributed by atoms with van der Waals surface area (Å²) in [6.07, 6.45) is 1.88. The Labute approximate surface area is 117 Å². The number of sulfonamides is 1. The van der Waals surface area contributed by atoms with E-state index in [9.17, 15) is 12.8 Å². The van der Waals surface area contributed by atoms with Crippen molar-refractivity contribution in [2.24, 2.45) is 0 Å². The van der Waals surface area contributed by atoms with Crippen LogP contribution < -0.4 is 4.72 Å². The molecule has 1 rings (SSSR count).